The van der Waals surface area contributed by atoms with Crippen molar-refractivity contribution >= 4 is 0 Å². The van der Waals surface area contributed by atoms with Crippen LogP contribution in [-0.2, 0) is 18.3 Å². The third kappa shape index (κ3) is 5.54. The number of rotatable bonds is 8. The maximum atomic E-state index is 5.43. The van der Waals surface area contributed by atoms with Gasteiger partial charge < -0.3 is 10.1 Å². The first-order chi connectivity index (χ1) is 7.33. The second-order valence-electron chi connectivity index (χ2n) is 3.66. The molecule has 0 saturated heterocycles. The summed E-state index contributed by atoms with van der Waals surface area (Å²) in [6, 6.07) is 0. The highest BCUT2D eigenvalue weighted by atomic mass is 16.5. The van der Waals surface area contributed by atoms with E-state index in [0.29, 0.717) is 0 Å². The molecule has 0 aliphatic heterocycles. The molecule has 0 unspecified atom stereocenters. The van der Waals surface area contributed by atoms with Gasteiger partial charge >= 0.3 is 0 Å². The Hall–Kier alpha value is -0.870. The zero-order valence-corrected chi connectivity index (χ0v) is 9.70. The maximum Gasteiger partial charge on any atom is 0.0591 e. The minimum atomic E-state index is 0.792. The lowest BCUT2D eigenvalue weighted by Crippen LogP contribution is -2.19. The minimum Gasteiger partial charge on any atom is -0.380 e. The van der Waals surface area contributed by atoms with Crippen molar-refractivity contribution in [3.63, 3.8) is 0 Å². The van der Waals surface area contributed by atoms with Gasteiger partial charge in [-0.3, -0.25) is 4.68 Å². The molecule has 1 heterocycles. The summed E-state index contributed by atoms with van der Waals surface area (Å²) in [6.07, 6.45) is 6.25. The van der Waals surface area contributed by atoms with Crippen molar-refractivity contribution in [1.82, 2.24) is 15.1 Å². The summed E-state index contributed by atoms with van der Waals surface area (Å²) in [6.45, 7) is 5.61. The van der Waals surface area contributed by atoms with Gasteiger partial charge in [-0.15, -0.1) is 0 Å². The first kappa shape index (κ1) is 12.2. The molecule has 0 radical (unpaired) electrons. The van der Waals surface area contributed by atoms with Gasteiger partial charge in [0, 0.05) is 38.5 Å². The van der Waals surface area contributed by atoms with Crippen molar-refractivity contribution in [1.29, 1.82) is 0 Å². The Morgan fingerprint density at radius 1 is 1.47 bits per heavy atom. The summed E-state index contributed by atoms with van der Waals surface area (Å²) in [7, 11) is 1.93. The molecule has 86 valence electrons. The van der Waals surface area contributed by atoms with E-state index >= 15 is 0 Å². The normalized spacial score (nSPS) is 10.8. The van der Waals surface area contributed by atoms with Crippen molar-refractivity contribution in [2.24, 2.45) is 7.05 Å². The number of hydrogen-bond acceptors (Lipinski definition) is 3. The standard InChI is InChI=1S/C11H21N3O/c1-3-4-6-15-7-5-12-8-11-9-13-14(2)10-11/h9-10,12H,3-8H2,1-2H3. The van der Waals surface area contributed by atoms with Gasteiger partial charge in [0.2, 0.25) is 0 Å². The Morgan fingerprint density at radius 2 is 2.33 bits per heavy atom. The molecule has 1 aromatic rings. The molecule has 1 aromatic heterocycles. The van der Waals surface area contributed by atoms with Crippen LogP contribution in [0.25, 0.3) is 0 Å². The smallest absolute Gasteiger partial charge is 0.0591 e. The molecular formula is C11H21N3O. The minimum absolute atomic E-state index is 0.792. The van der Waals surface area contributed by atoms with Gasteiger partial charge in [-0.05, 0) is 6.42 Å². The van der Waals surface area contributed by atoms with Crippen LogP contribution in [0.4, 0.5) is 0 Å². The van der Waals surface area contributed by atoms with Gasteiger partial charge in [0.25, 0.3) is 0 Å². The molecule has 0 aliphatic rings. The third-order valence-corrected chi connectivity index (χ3v) is 2.15. The summed E-state index contributed by atoms with van der Waals surface area (Å²) < 4.78 is 7.25. The van der Waals surface area contributed by atoms with E-state index in [1.165, 1.54) is 12.0 Å². The highest BCUT2D eigenvalue weighted by Crippen LogP contribution is 1.94. The number of hydrogen-bond donors (Lipinski definition) is 1. The predicted octanol–water partition coefficient (Wildman–Crippen LogP) is 1.33. The molecule has 0 amide bonds. The summed E-state index contributed by atoms with van der Waals surface area (Å²) in [5.41, 5.74) is 1.21. The van der Waals surface area contributed by atoms with E-state index in [9.17, 15) is 0 Å². The van der Waals surface area contributed by atoms with E-state index in [2.05, 4.69) is 17.3 Å². The van der Waals surface area contributed by atoms with Crippen molar-refractivity contribution in [3.8, 4) is 0 Å². The summed E-state index contributed by atoms with van der Waals surface area (Å²) in [5.74, 6) is 0. The first-order valence-corrected chi connectivity index (χ1v) is 5.59. The Morgan fingerprint density at radius 3 is 3.00 bits per heavy atom. The fraction of sp³-hybridized carbons (Fsp3) is 0.727. The first-order valence-electron chi connectivity index (χ1n) is 5.59. The second-order valence-corrected chi connectivity index (χ2v) is 3.66. The van der Waals surface area contributed by atoms with E-state index in [0.717, 1.165) is 32.7 Å². The predicted molar refractivity (Wildman–Crippen MR) is 60.6 cm³/mol. The van der Waals surface area contributed by atoms with Crippen LogP contribution >= 0.6 is 0 Å². The third-order valence-electron chi connectivity index (χ3n) is 2.15. The monoisotopic (exact) mass is 211 g/mol. The summed E-state index contributed by atoms with van der Waals surface area (Å²) in [5, 5.41) is 7.42. The fourth-order valence-electron chi connectivity index (χ4n) is 1.29. The molecule has 0 atom stereocenters. The zero-order valence-electron chi connectivity index (χ0n) is 9.70. The molecule has 0 bridgehead atoms. The van der Waals surface area contributed by atoms with E-state index in [-0.39, 0.29) is 0 Å². The number of nitrogens with zero attached hydrogens (tertiary/aromatic N) is 2. The Kier molecular flexibility index (Phi) is 6.04. The lowest BCUT2D eigenvalue weighted by atomic mass is 10.3. The van der Waals surface area contributed by atoms with Crippen molar-refractivity contribution in [2.75, 3.05) is 19.8 Å². The molecule has 0 aromatic carbocycles. The molecule has 0 aliphatic carbocycles. The number of unbranched alkanes of at least 4 members (excludes halogenated alkanes) is 1. The highest BCUT2D eigenvalue weighted by molar-refractivity contribution is 5.02. The van der Waals surface area contributed by atoms with Crippen LogP contribution in [0, 0.1) is 0 Å². The topological polar surface area (TPSA) is 39.1 Å². The largest absolute Gasteiger partial charge is 0.380 e. The SMILES string of the molecule is CCCCOCCNCc1cnn(C)c1. The molecule has 1 N–H and O–H groups in total. The van der Waals surface area contributed by atoms with Gasteiger partial charge in [-0.25, -0.2) is 0 Å². The molecule has 0 fully saturated rings. The van der Waals surface area contributed by atoms with Crippen LogP contribution < -0.4 is 5.32 Å². The molecule has 0 spiro atoms. The summed E-state index contributed by atoms with van der Waals surface area (Å²) >= 11 is 0. The van der Waals surface area contributed by atoms with Crippen LogP contribution in [0.1, 0.15) is 25.3 Å². The van der Waals surface area contributed by atoms with Crippen LogP contribution in [-0.4, -0.2) is 29.5 Å². The maximum absolute atomic E-state index is 5.43. The molecule has 1 rings (SSSR count). The number of aryl methyl sites for hydroxylation is 1. The van der Waals surface area contributed by atoms with Gasteiger partial charge in [-0.1, -0.05) is 13.3 Å². The van der Waals surface area contributed by atoms with Crippen LogP contribution in [0.15, 0.2) is 12.4 Å². The highest BCUT2D eigenvalue weighted by Gasteiger charge is 1.94. The van der Waals surface area contributed by atoms with E-state index in [1.807, 2.05) is 24.1 Å². The van der Waals surface area contributed by atoms with Crippen molar-refractivity contribution in [3.05, 3.63) is 18.0 Å². The van der Waals surface area contributed by atoms with Crippen molar-refractivity contribution < 1.29 is 4.74 Å². The Labute approximate surface area is 91.6 Å². The number of ether oxygens (including phenoxy) is 1. The fourth-order valence-corrected chi connectivity index (χ4v) is 1.29. The van der Waals surface area contributed by atoms with E-state index in [1.54, 1.807) is 0 Å². The van der Waals surface area contributed by atoms with Crippen LogP contribution in [0.5, 0.6) is 0 Å². The average molecular weight is 211 g/mol. The molecule has 4 heteroatoms. The lowest BCUT2D eigenvalue weighted by Gasteiger charge is -2.04. The zero-order chi connectivity index (χ0) is 10.9. The Balaban J connectivity index is 1.93. The van der Waals surface area contributed by atoms with Gasteiger partial charge in [0.15, 0.2) is 0 Å². The number of aromatic nitrogens is 2. The van der Waals surface area contributed by atoms with Gasteiger partial charge in [0.05, 0.1) is 12.8 Å². The van der Waals surface area contributed by atoms with Crippen LogP contribution in [0.2, 0.25) is 0 Å². The van der Waals surface area contributed by atoms with Gasteiger partial charge in [-0.2, -0.15) is 5.10 Å². The van der Waals surface area contributed by atoms with E-state index < -0.39 is 0 Å². The molecular weight excluding hydrogens is 190 g/mol. The Bertz CT molecular complexity index is 260. The summed E-state index contributed by atoms with van der Waals surface area (Å²) in [4.78, 5) is 0. The van der Waals surface area contributed by atoms with Crippen LogP contribution in [0.3, 0.4) is 0 Å². The van der Waals surface area contributed by atoms with Gasteiger partial charge in [0.1, 0.15) is 0 Å². The number of nitrogens with one attached hydrogen (secondary N) is 1. The average Bonchev–Trinajstić information content (AvgIpc) is 2.63. The molecule has 0 saturated carbocycles. The quantitative estimate of drug-likeness (QED) is 0.659. The van der Waals surface area contributed by atoms with E-state index in [4.69, 9.17) is 4.74 Å². The second kappa shape index (κ2) is 7.43. The molecule has 4 nitrogen and oxygen atoms in total. The van der Waals surface area contributed by atoms with Crippen molar-refractivity contribution in [2.45, 2.75) is 26.3 Å². The lowest BCUT2D eigenvalue weighted by molar-refractivity contribution is 0.133. The molecule has 15 heavy (non-hydrogen) atoms.